The van der Waals surface area contributed by atoms with Crippen LogP contribution in [0, 0.1) is 12.8 Å². The van der Waals surface area contributed by atoms with Gasteiger partial charge in [-0.15, -0.1) is 5.10 Å². The molecule has 2 fully saturated rings. The van der Waals surface area contributed by atoms with Crippen molar-refractivity contribution in [2.24, 2.45) is 5.92 Å². The summed E-state index contributed by atoms with van der Waals surface area (Å²) in [5, 5.41) is 7.11. The zero-order chi connectivity index (χ0) is 18.4. The lowest BCUT2D eigenvalue weighted by Gasteiger charge is -2.42. The van der Waals surface area contributed by atoms with E-state index in [1.807, 2.05) is 6.92 Å². The van der Waals surface area contributed by atoms with E-state index in [0.717, 1.165) is 51.3 Å². The van der Waals surface area contributed by atoms with Gasteiger partial charge in [0.15, 0.2) is 0 Å². The van der Waals surface area contributed by atoms with Gasteiger partial charge in [-0.3, -0.25) is 14.6 Å². The number of hydrogen-bond donors (Lipinski definition) is 1. The molecule has 0 radical (unpaired) electrons. The van der Waals surface area contributed by atoms with Crippen molar-refractivity contribution in [2.45, 2.75) is 45.2 Å². The zero-order valence-corrected chi connectivity index (χ0v) is 16.8. The van der Waals surface area contributed by atoms with Crippen molar-refractivity contribution < 1.29 is 9.53 Å². The summed E-state index contributed by atoms with van der Waals surface area (Å²) in [7, 11) is 1.66. The Bertz CT molecular complexity index is 574. The number of amides is 1. The van der Waals surface area contributed by atoms with Gasteiger partial charge in [0, 0.05) is 45.9 Å². The Kier molecular flexibility index (Phi) is 7.36. The molecule has 3 rings (SSSR count). The maximum Gasteiger partial charge on any atom is 0.224 e. The molecule has 1 N–H and O–H groups in total. The minimum atomic E-state index is 0.129. The van der Waals surface area contributed by atoms with Crippen molar-refractivity contribution in [3.05, 3.63) is 10.6 Å². The predicted molar refractivity (Wildman–Crippen MR) is 102 cm³/mol. The molecule has 0 aliphatic carbocycles. The van der Waals surface area contributed by atoms with Crippen LogP contribution in [0.4, 0.5) is 0 Å². The molecule has 8 heteroatoms. The third-order valence-corrected chi connectivity index (χ3v) is 6.42. The van der Waals surface area contributed by atoms with E-state index in [4.69, 9.17) is 4.74 Å². The molecule has 26 heavy (non-hydrogen) atoms. The minimum Gasteiger partial charge on any atom is -0.383 e. The lowest BCUT2D eigenvalue weighted by atomic mass is 9.93. The van der Waals surface area contributed by atoms with Gasteiger partial charge in [-0.25, -0.2) is 0 Å². The molecule has 2 aliphatic rings. The topological polar surface area (TPSA) is 70.6 Å². The molecule has 0 unspecified atom stereocenters. The minimum absolute atomic E-state index is 0.129. The van der Waals surface area contributed by atoms with Gasteiger partial charge in [-0.2, -0.15) is 0 Å². The molecule has 1 aromatic heterocycles. The van der Waals surface area contributed by atoms with Crippen LogP contribution in [0.3, 0.4) is 0 Å². The van der Waals surface area contributed by atoms with Crippen LogP contribution in [0.15, 0.2) is 0 Å². The van der Waals surface area contributed by atoms with Crippen LogP contribution in [-0.2, 0) is 16.1 Å². The number of nitrogens with zero attached hydrogens (tertiary/aromatic N) is 4. The first-order valence-electron chi connectivity index (χ1n) is 9.68. The van der Waals surface area contributed by atoms with E-state index in [-0.39, 0.29) is 11.8 Å². The number of nitrogens with one attached hydrogen (secondary N) is 1. The van der Waals surface area contributed by atoms with Crippen LogP contribution in [-0.4, -0.2) is 77.8 Å². The molecule has 0 bridgehead atoms. The molecular weight excluding hydrogens is 350 g/mol. The molecule has 7 nitrogen and oxygen atoms in total. The summed E-state index contributed by atoms with van der Waals surface area (Å²) >= 11 is 1.52. The largest absolute Gasteiger partial charge is 0.383 e. The Balaban J connectivity index is 1.43. The number of hydrogen-bond acceptors (Lipinski definition) is 7. The first kappa shape index (κ1) is 19.7. The van der Waals surface area contributed by atoms with Crippen LogP contribution in [0.2, 0.25) is 0 Å². The highest BCUT2D eigenvalue weighted by atomic mass is 32.1. The van der Waals surface area contributed by atoms with E-state index in [9.17, 15) is 4.79 Å². The lowest BCUT2D eigenvalue weighted by Crippen LogP contribution is -2.50. The third-order valence-electron chi connectivity index (χ3n) is 5.62. The van der Waals surface area contributed by atoms with E-state index >= 15 is 0 Å². The summed E-state index contributed by atoms with van der Waals surface area (Å²) in [5.41, 5.74) is 1.07. The molecule has 0 spiro atoms. The van der Waals surface area contributed by atoms with E-state index in [1.54, 1.807) is 7.11 Å². The average Bonchev–Trinajstić information content (AvgIpc) is 3.07. The van der Waals surface area contributed by atoms with Crippen LogP contribution in [0.1, 0.15) is 36.3 Å². The fourth-order valence-corrected chi connectivity index (χ4v) is 4.69. The summed E-state index contributed by atoms with van der Waals surface area (Å²) < 4.78 is 9.05. The maximum atomic E-state index is 12.4. The van der Waals surface area contributed by atoms with Crippen molar-refractivity contribution >= 4 is 17.4 Å². The number of aryl methyl sites for hydroxylation is 1. The van der Waals surface area contributed by atoms with Crippen LogP contribution < -0.4 is 5.32 Å². The summed E-state index contributed by atoms with van der Waals surface area (Å²) in [6, 6.07) is 0.613. The molecule has 146 valence electrons. The molecule has 0 saturated carbocycles. The number of aromatic nitrogens is 2. The first-order chi connectivity index (χ1) is 12.7. The zero-order valence-electron chi connectivity index (χ0n) is 15.9. The van der Waals surface area contributed by atoms with Gasteiger partial charge < -0.3 is 10.1 Å². The summed E-state index contributed by atoms with van der Waals surface area (Å²) in [6.07, 6.45) is 4.49. The van der Waals surface area contributed by atoms with E-state index < -0.39 is 0 Å². The van der Waals surface area contributed by atoms with Crippen LogP contribution >= 0.6 is 11.5 Å². The third kappa shape index (κ3) is 5.22. The molecule has 1 atom stereocenters. The van der Waals surface area contributed by atoms with Crippen molar-refractivity contribution in [1.82, 2.24) is 24.7 Å². The Morgan fingerprint density at radius 1 is 1.31 bits per heavy atom. The molecule has 3 heterocycles. The quantitative estimate of drug-likeness (QED) is 0.718. The highest BCUT2D eigenvalue weighted by molar-refractivity contribution is 7.05. The van der Waals surface area contributed by atoms with E-state index in [0.29, 0.717) is 19.2 Å². The number of piperidine rings is 2. The highest BCUT2D eigenvalue weighted by Crippen LogP contribution is 2.25. The lowest BCUT2D eigenvalue weighted by molar-refractivity contribution is -0.127. The predicted octanol–water partition coefficient (Wildman–Crippen LogP) is 1.29. The van der Waals surface area contributed by atoms with Gasteiger partial charge in [-0.05, 0) is 50.7 Å². The van der Waals surface area contributed by atoms with Gasteiger partial charge in [0.2, 0.25) is 5.91 Å². The van der Waals surface area contributed by atoms with Gasteiger partial charge in [0.1, 0.15) is 0 Å². The van der Waals surface area contributed by atoms with Crippen molar-refractivity contribution in [3.8, 4) is 0 Å². The second-order valence-corrected chi connectivity index (χ2v) is 8.25. The van der Waals surface area contributed by atoms with E-state index in [1.165, 1.54) is 29.3 Å². The van der Waals surface area contributed by atoms with Gasteiger partial charge >= 0.3 is 0 Å². The number of carbonyl (C=O) groups excluding carboxylic acids is 1. The smallest absolute Gasteiger partial charge is 0.224 e. The standard InChI is InChI=1S/C18H31N5O2S/c1-14-17(26-21-20-14)13-22-9-5-16(6-10-22)23-8-3-4-15(12-23)18(24)19-7-11-25-2/h15-16H,3-13H2,1-2H3,(H,19,24)/t15-/m0/s1. The Morgan fingerprint density at radius 3 is 2.81 bits per heavy atom. The first-order valence-corrected chi connectivity index (χ1v) is 10.5. The number of carbonyl (C=O) groups is 1. The van der Waals surface area contributed by atoms with Gasteiger partial charge in [-0.1, -0.05) is 4.49 Å². The Morgan fingerprint density at radius 2 is 2.12 bits per heavy atom. The summed E-state index contributed by atoms with van der Waals surface area (Å²) in [5.74, 6) is 0.321. The summed E-state index contributed by atoms with van der Waals surface area (Å²) in [4.78, 5) is 18.7. The van der Waals surface area contributed by atoms with Crippen molar-refractivity contribution in [3.63, 3.8) is 0 Å². The molecular formula is C18H31N5O2S. The second kappa shape index (κ2) is 9.73. The van der Waals surface area contributed by atoms with Gasteiger partial charge in [0.25, 0.3) is 0 Å². The average molecular weight is 382 g/mol. The highest BCUT2D eigenvalue weighted by Gasteiger charge is 2.31. The second-order valence-electron chi connectivity index (χ2n) is 7.41. The maximum absolute atomic E-state index is 12.4. The Hall–Kier alpha value is -1.09. The molecule has 0 aromatic carbocycles. The number of rotatable bonds is 7. The normalized spacial score (nSPS) is 23.2. The van der Waals surface area contributed by atoms with Crippen LogP contribution in [0.25, 0.3) is 0 Å². The van der Waals surface area contributed by atoms with Crippen molar-refractivity contribution in [1.29, 1.82) is 0 Å². The van der Waals surface area contributed by atoms with Crippen LogP contribution in [0.5, 0.6) is 0 Å². The monoisotopic (exact) mass is 381 g/mol. The molecule has 2 aliphatic heterocycles. The van der Waals surface area contributed by atoms with E-state index in [2.05, 4.69) is 24.7 Å². The summed E-state index contributed by atoms with van der Waals surface area (Å²) in [6.45, 7) is 8.46. The molecule has 2 saturated heterocycles. The Labute approximate surface area is 160 Å². The SMILES string of the molecule is COCCNC(=O)[C@H]1CCCN(C2CCN(Cc3snnc3C)CC2)C1. The fourth-order valence-electron chi connectivity index (χ4n) is 4.01. The number of methoxy groups -OCH3 is 1. The van der Waals surface area contributed by atoms with Crippen molar-refractivity contribution in [2.75, 3.05) is 46.4 Å². The number of ether oxygens (including phenoxy) is 1. The molecule has 1 aromatic rings. The number of likely N-dealkylation sites (tertiary alicyclic amines) is 2. The fraction of sp³-hybridized carbons (Fsp3) is 0.833. The van der Waals surface area contributed by atoms with Gasteiger partial charge in [0.05, 0.1) is 23.1 Å². The molecule has 1 amide bonds.